The van der Waals surface area contributed by atoms with Crippen LogP contribution < -0.4 is 10.1 Å². The lowest BCUT2D eigenvalue weighted by molar-refractivity contribution is -0.219. The SMILES string of the molecule is CC(=O)NC1C(O)C(O)C(CO)OC1n1nc(COc2ccccc2Cl)n(C(C)C)c1=S. The van der Waals surface area contributed by atoms with Crippen LogP contribution >= 0.6 is 23.8 Å². The largest absolute Gasteiger partial charge is 0.484 e. The van der Waals surface area contributed by atoms with Gasteiger partial charge in [-0.05, 0) is 38.2 Å². The molecule has 1 aromatic heterocycles. The zero-order chi connectivity index (χ0) is 23.6. The van der Waals surface area contributed by atoms with Crippen LogP contribution in [-0.4, -0.2) is 66.5 Å². The van der Waals surface area contributed by atoms with E-state index in [0.717, 1.165) is 0 Å². The molecule has 1 aromatic carbocycles. The van der Waals surface area contributed by atoms with Gasteiger partial charge in [0.2, 0.25) is 10.7 Å². The van der Waals surface area contributed by atoms with E-state index in [0.29, 0.717) is 16.6 Å². The summed E-state index contributed by atoms with van der Waals surface area (Å²) in [7, 11) is 0. The Labute approximate surface area is 195 Å². The summed E-state index contributed by atoms with van der Waals surface area (Å²) in [5.74, 6) is 0.513. The third-order valence-electron chi connectivity index (χ3n) is 5.12. The number of aromatic nitrogens is 3. The van der Waals surface area contributed by atoms with Crippen LogP contribution in [0.4, 0.5) is 0 Å². The summed E-state index contributed by atoms with van der Waals surface area (Å²) in [5, 5.41) is 38.0. The molecule has 1 aliphatic heterocycles. The van der Waals surface area contributed by atoms with Gasteiger partial charge in [-0.1, -0.05) is 23.7 Å². The number of benzene rings is 1. The highest BCUT2D eigenvalue weighted by molar-refractivity contribution is 7.71. The lowest BCUT2D eigenvalue weighted by Crippen LogP contribution is -2.62. The number of halogens is 1. The van der Waals surface area contributed by atoms with Crippen molar-refractivity contribution in [2.75, 3.05) is 6.61 Å². The van der Waals surface area contributed by atoms with Crippen molar-refractivity contribution in [3.63, 3.8) is 0 Å². The molecule has 0 radical (unpaired) electrons. The predicted octanol–water partition coefficient (Wildman–Crippen LogP) is 1.34. The monoisotopic (exact) mass is 486 g/mol. The quantitative estimate of drug-likeness (QED) is 0.431. The number of para-hydroxylation sites is 1. The van der Waals surface area contributed by atoms with Crippen molar-refractivity contribution >= 4 is 29.7 Å². The fraction of sp³-hybridized carbons (Fsp3) is 0.550. The minimum Gasteiger partial charge on any atom is -0.484 e. The molecule has 12 heteroatoms. The van der Waals surface area contributed by atoms with E-state index in [4.69, 9.17) is 33.3 Å². The number of amides is 1. The Morgan fingerprint density at radius 1 is 1.34 bits per heavy atom. The lowest BCUT2D eigenvalue weighted by Gasteiger charge is -2.42. The van der Waals surface area contributed by atoms with E-state index in [1.165, 1.54) is 11.6 Å². The van der Waals surface area contributed by atoms with Crippen LogP contribution in [0.1, 0.15) is 38.9 Å². The zero-order valence-electron chi connectivity index (χ0n) is 17.9. The predicted molar refractivity (Wildman–Crippen MR) is 118 cm³/mol. The normalized spacial score (nSPS) is 25.7. The first-order valence-electron chi connectivity index (χ1n) is 10.1. The summed E-state index contributed by atoms with van der Waals surface area (Å²) in [5.41, 5.74) is 0. The summed E-state index contributed by atoms with van der Waals surface area (Å²) in [6, 6.07) is 5.89. The first-order valence-corrected chi connectivity index (χ1v) is 10.9. The molecule has 3 rings (SSSR count). The summed E-state index contributed by atoms with van der Waals surface area (Å²) >= 11 is 11.8. The van der Waals surface area contributed by atoms with Crippen LogP contribution in [-0.2, 0) is 16.1 Å². The van der Waals surface area contributed by atoms with Gasteiger partial charge in [0.15, 0.2) is 12.1 Å². The smallest absolute Gasteiger partial charge is 0.217 e. The van der Waals surface area contributed by atoms with Crippen molar-refractivity contribution < 1.29 is 29.6 Å². The highest BCUT2D eigenvalue weighted by atomic mass is 35.5. The minimum absolute atomic E-state index is 0.0463. The lowest BCUT2D eigenvalue weighted by atomic mass is 9.96. The van der Waals surface area contributed by atoms with Crippen LogP contribution in [0.15, 0.2) is 24.3 Å². The molecule has 2 aromatic rings. The van der Waals surface area contributed by atoms with E-state index in [1.54, 1.807) is 28.8 Å². The van der Waals surface area contributed by atoms with Gasteiger partial charge in [-0.3, -0.25) is 9.36 Å². The Morgan fingerprint density at radius 2 is 2.03 bits per heavy atom. The molecule has 1 fully saturated rings. The van der Waals surface area contributed by atoms with E-state index >= 15 is 0 Å². The van der Waals surface area contributed by atoms with Crippen molar-refractivity contribution in [1.82, 2.24) is 19.7 Å². The third-order valence-corrected chi connectivity index (χ3v) is 5.82. The van der Waals surface area contributed by atoms with Gasteiger partial charge in [0.25, 0.3) is 0 Å². The molecule has 0 bridgehead atoms. The number of aliphatic hydroxyl groups is 3. The number of nitrogens with zero attached hydrogens (tertiary/aromatic N) is 3. The number of aliphatic hydroxyl groups excluding tert-OH is 3. The molecule has 0 aliphatic carbocycles. The van der Waals surface area contributed by atoms with E-state index < -0.39 is 43.1 Å². The Kier molecular flexibility index (Phi) is 7.91. The molecule has 1 amide bonds. The van der Waals surface area contributed by atoms with Gasteiger partial charge >= 0.3 is 0 Å². The summed E-state index contributed by atoms with van der Waals surface area (Å²) in [4.78, 5) is 11.7. The third kappa shape index (κ3) is 4.98. The van der Waals surface area contributed by atoms with E-state index in [1.807, 2.05) is 13.8 Å². The fourth-order valence-corrected chi connectivity index (χ4v) is 4.27. The van der Waals surface area contributed by atoms with Crippen LogP contribution in [0.2, 0.25) is 5.02 Å². The van der Waals surface area contributed by atoms with Gasteiger partial charge in [0.05, 0.1) is 11.6 Å². The summed E-state index contributed by atoms with van der Waals surface area (Å²) in [6.07, 6.45) is -4.98. The molecule has 32 heavy (non-hydrogen) atoms. The second-order valence-electron chi connectivity index (χ2n) is 7.78. The molecule has 1 aliphatic rings. The first-order chi connectivity index (χ1) is 15.1. The molecular weight excluding hydrogens is 460 g/mol. The first kappa shape index (κ1) is 24.6. The molecule has 5 unspecified atom stereocenters. The average Bonchev–Trinajstić information content (AvgIpc) is 3.07. The topological polar surface area (TPSA) is 131 Å². The number of rotatable bonds is 7. The van der Waals surface area contributed by atoms with Crippen molar-refractivity contribution in [3.05, 3.63) is 39.9 Å². The molecular formula is C20H27ClN4O6S. The van der Waals surface area contributed by atoms with E-state index in [2.05, 4.69) is 10.4 Å². The van der Waals surface area contributed by atoms with Gasteiger partial charge in [-0.2, -0.15) is 5.10 Å². The minimum atomic E-state index is -1.41. The van der Waals surface area contributed by atoms with Gasteiger partial charge < -0.3 is 30.1 Å². The number of carbonyl (C=O) groups excluding carboxylic acids is 1. The van der Waals surface area contributed by atoms with E-state index in [-0.39, 0.29) is 17.4 Å². The fourth-order valence-electron chi connectivity index (χ4n) is 3.62. The zero-order valence-corrected chi connectivity index (χ0v) is 19.5. The molecule has 10 nitrogen and oxygen atoms in total. The van der Waals surface area contributed by atoms with Crippen LogP contribution in [0, 0.1) is 4.77 Å². The van der Waals surface area contributed by atoms with E-state index in [9.17, 15) is 20.1 Å². The number of hydrogen-bond acceptors (Lipinski definition) is 8. The average molecular weight is 487 g/mol. The Balaban J connectivity index is 1.99. The second-order valence-corrected chi connectivity index (χ2v) is 8.55. The van der Waals surface area contributed by atoms with Crippen molar-refractivity contribution in [2.45, 2.75) is 64.0 Å². The van der Waals surface area contributed by atoms with Gasteiger partial charge in [-0.25, -0.2) is 4.68 Å². The number of carbonyl (C=O) groups is 1. The highest BCUT2D eigenvalue weighted by Gasteiger charge is 2.46. The number of nitrogens with one attached hydrogen (secondary N) is 1. The van der Waals surface area contributed by atoms with Gasteiger partial charge in [0.1, 0.15) is 36.7 Å². The van der Waals surface area contributed by atoms with Crippen LogP contribution in [0.25, 0.3) is 0 Å². The molecule has 0 spiro atoms. The van der Waals surface area contributed by atoms with Crippen LogP contribution in [0.5, 0.6) is 5.75 Å². The molecule has 1 saturated heterocycles. The number of ether oxygens (including phenoxy) is 2. The van der Waals surface area contributed by atoms with Crippen molar-refractivity contribution in [1.29, 1.82) is 0 Å². The molecule has 2 heterocycles. The Hall–Kier alpha value is -2.02. The molecule has 5 atom stereocenters. The maximum Gasteiger partial charge on any atom is 0.217 e. The second kappa shape index (κ2) is 10.3. The Morgan fingerprint density at radius 3 is 2.62 bits per heavy atom. The maximum atomic E-state index is 11.7. The summed E-state index contributed by atoms with van der Waals surface area (Å²) < 4.78 is 15.0. The molecule has 4 N–H and O–H groups in total. The standard InChI is InChI=1S/C20H27ClN4O6S/c1-10(2)24-15(9-30-13-7-5-4-6-12(13)21)23-25(20(24)32)19-16(22-11(3)27)18(29)17(28)14(8-26)31-19/h4-7,10,14,16-19,26,28-29H,8-9H2,1-3H3,(H,22,27). The highest BCUT2D eigenvalue weighted by Crippen LogP contribution is 2.30. The number of hydrogen-bond donors (Lipinski definition) is 4. The summed E-state index contributed by atoms with van der Waals surface area (Å²) in [6.45, 7) is 4.63. The van der Waals surface area contributed by atoms with Crippen molar-refractivity contribution in [2.24, 2.45) is 0 Å². The van der Waals surface area contributed by atoms with Crippen LogP contribution in [0.3, 0.4) is 0 Å². The molecule has 0 saturated carbocycles. The Bertz CT molecular complexity index is 1010. The van der Waals surface area contributed by atoms with Gasteiger partial charge in [-0.15, -0.1) is 0 Å². The van der Waals surface area contributed by atoms with Crippen molar-refractivity contribution in [3.8, 4) is 5.75 Å². The van der Waals surface area contributed by atoms with Gasteiger partial charge in [0, 0.05) is 13.0 Å². The molecule has 176 valence electrons. The maximum absolute atomic E-state index is 11.7.